The molecule has 0 saturated carbocycles. The quantitative estimate of drug-likeness (QED) is 0.285. The number of imidazole rings is 1. The number of carbonyl (C=O) groups excluding carboxylic acids is 1. The van der Waals surface area contributed by atoms with E-state index < -0.39 is 0 Å². The number of carbonyl (C=O) groups is 1. The number of para-hydroxylation sites is 2. The summed E-state index contributed by atoms with van der Waals surface area (Å²) in [6, 6.07) is 7.78. The zero-order valence-corrected chi connectivity index (χ0v) is 17.5. The van der Waals surface area contributed by atoms with Gasteiger partial charge in [-0.15, -0.1) is 0 Å². The van der Waals surface area contributed by atoms with Gasteiger partial charge in [0.1, 0.15) is 5.82 Å². The predicted molar refractivity (Wildman–Crippen MR) is 121 cm³/mol. The second-order valence-corrected chi connectivity index (χ2v) is 7.78. The van der Waals surface area contributed by atoms with Gasteiger partial charge in [-0.05, 0) is 69.9 Å². The van der Waals surface area contributed by atoms with E-state index in [-0.39, 0.29) is 11.8 Å². The minimum Gasteiger partial charge on any atom is -0.366 e. The van der Waals surface area contributed by atoms with Gasteiger partial charge in [0, 0.05) is 11.8 Å². The van der Waals surface area contributed by atoms with Crippen LogP contribution in [0.5, 0.6) is 0 Å². The van der Waals surface area contributed by atoms with Crippen LogP contribution in [0, 0.1) is 5.92 Å². The highest BCUT2D eigenvalue weighted by Gasteiger charge is 2.24. The minimum atomic E-state index is -0.388. The molecule has 2 heterocycles. The fourth-order valence-electron chi connectivity index (χ4n) is 3.87. The number of likely N-dealkylation sites (tertiary alicyclic amines) is 1. The number of nitrogens with one attached hydrogen (secondary N) is 3. The lowest BCUT2D eigenvalue weighted by atomic mass is 9.89. The summed E-state index contributed by atoms with van der Waals surface area (Å²) in [5, 5.41) is 6.14. The number of aromatic amines is 1. The molecule has 1 saturated heterocycles. The highest BCUT2D eigenvalue weighted by Crippen LogP contribution is 2.24. The maximum absolute atomic E-state index is 12.0. The van der Waals surface area contributed by atoms with E-state index in [2.05, 4.69) is 32.1 Å². The van der Waals surface area contributed by atoms with Crippen molar-refractivity contribution in [2.75, 3.05) is 31.5 Å². The minimum absolute atomic E-state index is 0.161. The third-order valence-corrected chi connectivity index (χ3v) is 5.55. The topological polar surface area (TPSA) is 125 Å². The molecule has 30 heavy (non-hydrogen) atoms. The van der Waals surface area contributed by atoms with Crippen LogP contribution in [-0.2, 0) is 4.79 Å². The van der Waals surface area contributed by atoms with E-state index in [0.717, 1.165) is 56.5 Å². The van der Waals surface area contributed by atoms with Crippen molar-refractivity contribution >= 4 is 22.9 Å². The van der Waals surface area contributed by atoms with Crippen molar-refractivity contribution in [1.82, 2.24) is 20.2 Å². The molecule has 0 spiro atoms. The van der Waals surface area contributed by atoms with Crippen LogP contribution in [0.15, 0.2) is 48.4 Å². The molecule has 1 aromatic heterocycles. The third kappa shape index (κ3) is 6.08. The molecule has 0 atom stereocenters. The number of rotatable bonds is 11. The summed E-state index contributed by atoms with van der Waals surface area (Å²) in [6.07, 6.45) is 6.97. The van der Waals surface area contributed by atoms with Crippen LogP contribution >= 0.6 is 0 Å². The van der Waals surface area contributed by atoms with Gasteiger partial charge >= 0.3 is 0 Å². The molecule has 0 unspecified atom stereocenters. The van der Waals surface area contributed by atoms with E-state index in [1.165, 1.54) is 12.8 Å². The van der Waals surface area contributed by atoms with Gasteiger partial charge in [0.2, 0.25) is 11.9 Å². The third-order valence-electron chi connectivity index (χ3n) is 5.55. The van der Waals surface area contributed by atoms with Crippen molar-refractivity contribution in [2.24, 2.45) is 17.4 Å². The fraction of sp³-hybridized carbons (Fsp3) is 0.455. The van der Waals surface area contributed by atoms with E-state index in [1.54, 1.807) is 6.20 Å². The Labute approximate surface area is 177 Å². The number of primary amides is 1. The van der Waals surface area contributed by atoms with E-state index in [0.29, 0.717) is 17.3 Å². The summed E-state index contributed by atoms with van der Waals surface area (Å²) in [6.45, 7) is 7.78. The number of aromatic nitrogens is 2. The lowest BCUT2D eigenvalue weighted by molar-refractivity contribution is -0.115. The Balaban J connectivity index is 1.50. The number of benzene rings is 1. The Morgan fingerprint density at radius 1 is 1.27 bits per heavy atom. The molecule has 1 fully saturated rings. The van der Waals surface area contributed by atoms with Gasteiger partial charge in [0.15, 0.2) is 0 Å². The van der Waals surface area contributed by atoms with Crippen LogP contribution in [0.3, 0.4) is 0 Å². The van der Waals surface area contributed by atoms with Gasteiger partial charge in [0.05, 0.1) is 11.0 Å². The Bertz CT molecular complexity index is 847. The highest BCUT2D eigenvalue weighted by atomic mass is 16.1. The Kier molecular flexibility index (Phi) is 7.87. The van der Waals surface area contributed by atoms with Gasteiger partial charge in [-0.1, -0.05) is 25.1 Å². The maximum atomic E-state index is 12.0. The molecular formula is C22H33N7O. The first-order valence-electron chi connectivity index (χ1n) is 10.7. The van der Waals surface area contributed by atoms with E-state index in [1.807, 2.05) is 24.3 Å². The van der Waals surface area contributed by atoms with Crippen LogP contribution in [0.25, 0.3) is 11.0 Å². The first-order valence-corrected chi connectivity index (χ1v) is 10.7. The lowest BCUT2D eigenvalue weighted by Gasteiger charge is -2.32. The Hall–Kier alpha value is -2.84. The van der Waals surface area contributed by atoms with Crippen LogP contribution in [0.2, 0.25) is 0 Å². The molecule has 0 bridgehead atoms. The zero-order valence-electron chi connectivity index (χ0n) is 17.5. The number of unbranched alkanes of at least 4 members (excludes halogenated alkanes) is 2. The SMILES string of the molecule is C=C(N/C=C(\C(N)=O)C1CCN(CCCCCN)CC1)Nc1nc2ccccc2[nH]1. The molecule has 2 aromatic rings. The van der Waals surface area contributed by atoms with Crippen molar-refractivity contribution in [2.45, 2.75) is 32.1 Å². The van der Waals surface area contributed by atoms with Gasteiger partial charge in [-0.3, -0.25) is 4.79 Å². The predicted octanol–water partition coefficient (Wildman–Crippen LogP) is 2.25. The number of amides is 1. The molecule has 1 aromatic carbocycles. The van der Waals surface area contributed by atoms with Crippen LogP contribution in [0.4, 0.5) is 5.95 Å². The normalized spacial score (nSPS) is 16.0. The number of fused-ring (bicyclic) bond motifs is 1. The van der Waals surface area contributed by atoms with E-state index >= 15 is 0 Å². The van der Waals surface area contributed by atoms with Crippen molar-refractivity contribution in [3.63, 3.8) is 0 Å². The number of hydrogen-bond acceptors (Lipinski definition) is 6. The molecule has 3 rings (SSSR count). The lowest BCUT2D eigenvalue weighted by Crippen LogP contribution is -2.37. The van der Waals surface area contributed by atoms with Crippen LogP contribution in [-0.4, -0.2) is 47.0 Å². The molecular weight excluding hydrogens is 378 g/mol. The second kappa shape index (κ2) is 10.8. The van der Waals surface area contributed by atoms with Gasteiger partial charge in [-0.2, -0.15) is 0 Å². The highest BCUT2D eigenvalue weighted by molar-refractivity contribution is 5.92. The van der Waals surface area contributed by atoms with Gasteiger partial charge in [0.25, 0.3) is 0 Å². The number of anilines is 1. The number of piperidine rings is 1. The molecule has 0 radical (unpaired) electrons. The number of nitrogens with zero attached hydrogens (tertiary/aromatic N) is 2. The number of nitrogens with two attached hydrogens (primary N) is 2. The molecule has 1 amide bonds. The van der Waals surface area contributed by atoms with E-state index in [4.69, 9.17) is 11.5 Å². The molecule has 7 N–H and O–H groups in total. The van der Waals surface area contributed by atoms with Crippen molar-refractivity contribution in [3.05, 3.63) is 48.4 Å². The Morgan fingerprint density at radius 2 is 2.03 bits per heavy atom. The average Bonchev–Trinajstić information content (AvgIpc) is 3.14. The molecule has 1 aliphatic heterocycles. The fourth-order valence-corrected chi connectivity index (χ4v) is 3.87. The first kappa shape index (κ1) is 21.9. The smallest absolute Gasteiger partial charge is 0.246 e. The number of hydrogen-bond donors (Lipinski definition) is 5. The molecule has 0 aliphatic carbocycles. The van der Waals surface area contributed by atoms with E-state index in [9.17, 15) is 4.79 Å². The summed E-state index contributed by atoms with van der Waals surface area (Å²) < 4.78 is 0. The summed E-state index contributed by atoms with van der Waals surface area (Å²) in [5.74, 6) is 0.880. The summed E-state index contributed by atoms with van der Waals surface area (Å²) in [4.78, 5) is 22.1. The first-order chi connectivity index (χ1) is 14.6. The maximum Gasteiger partial charge on any atom is 0.246 e. The number of H-pyrrole nitrogens is 1. The molecule has 1 aliphatic rings. The molecule has 162 valence electrons. The molecule has 8 heteroatoms. The van der Waals surface area contributed by atoms with Crippen LogP contribution in [0.1, 0.15) is 32.1 Å². The molecule has 8 nitrogen and oxygen atoms in total. The Morgan fingerprint density at radius 3 is 2.73 bits per heavy atom. The standard InChI is InChI=1S/C22H33N7O/c1-16(26-22-27-19-7-3-4-8-20(19)28-22)25-15-18(21(24)30)17-9-13-29(14-10-17)12-6-2-5-11-23/h3-4,7-8,15,17,25H,1-2,5-6,9-14,23H2,(H2,24,30)(H2,26,27,28)/b18-15-. The summed E-state index contributed by atoms with van der Waals surface area (Å²) >= 11 is 0. The van der Waals surface area contributed by atoms with Crippen molar-refractivity contribution in [1.29, 1.82) is 0 Å². The van der Waals surface area contributed by atoms with Gasteiger partial charge < -0.3 is 32.0 Å². The van der Waals surface area contributed by atoms with Crippen molar-refractivity contribution < 1.29 is 4.79 Å². The van der Waals surface area contributed by atoms with Crippen molar-refractivity contribution in [3.8, 4) is 0 Å². The summed E-state index contributed by atoms with van der Waals surface area (Å²) in [5.41, 5.74) is 13.6. The van der Waals surface area contributed by atoms with Crippen LogP contribution < -0.4 is 22.1 Å². The average molecular weight is 412 g/mol. The van der Waals surface area contributed by atoms with Gasteiger partial charge in [-0.25, -0.2) is 4.98 Å². The summed E-state index contributed by atoms with van der Waals surface area (Å²) in [7, 11) is 0. The largest absolute Gasteiger partial charge is 0.366 e. The second-order valence-electron chi connectivity index (χ2n) is 7.78. The monoisotopic (exact) mass is 411 g/mol. The zero-order chi connectivity index (χ0) is 21.3.